The second-order valence-corrected chi connectivity index (χ2v) is 5.14. The molecule has 0 spiro atoms. The fraction of sp³-hybridized carbons (Fsp3) is 0.867. The molecule has 1 saturated carbocycles. The fourth-order valence-corrected chi connectivity index (χ4v) is 2.96. The van der Waals surface area contributed by atoms with Crippen LogP contribution in [-0.4, -0.2) is 12.6 Å². The topological polar surface area (TPSA) is 12.0 Å². The molecule has 0 aliphatic heterocycles. The second kappa shape index (κ2) is 8.81. The Morgan fingerprint density at radius 2 is 2.00 bits per heavy atom. The third kappa shape index (κ3) is 5.16. The molecule has 0 heterocycles. The van der Waals surface area contributed by atoms with Gasteiger partial charge >= 0.3 is 0 Å². The van der Waals surface area contributed by atoms with Gasteiger partial charge in [-0.3, -0.25) is 0 Å². The normalized spacial score (nSPS) is 18.8. The molecule has 0 aromatic rings. The summed E-state index contributed by atoms with van der Waals surface area (Å²) in [6.45, 7) is 7.14. The van der Waals surface area contributed by atoms with E-state index in [2.05, 4.69) is 18.8 Å². The lowest BCUT2D eigenvalue weighted by Gasteiger charge is -2.24. The van der Waals surface area contributed by atoms with Crippen molar-refractivity contribution in [1.29, 1.82) is 0 Å². The van der Waals surface area contributed by atoms with Gasteiger partial charge < -0.3 is 5.32 Å². The molecule has 1 aliphatic carbocycles. The minimum Gasteiger partial charge on any atom is -0.314 e. The highest BCUT2D eigenvalue weighted by molar-refractivity contribution is 4.80. The van der Waals surface area contributed by atoms with Gasteiger partial charge in [-0.2, -0.15) is 0 Å². The molecule has 0 radical (unpaired) electrons. The van der Waals surface area contributed by atoms with Gasteiger partial charge in [0.05, 0.1) is 0 Å². The van der Waals surface area contributed by atoms with Crippen LogP contribution >= 0.6 is 0 Å². The molecule has 1 rings (SSSR count). The molecular formula is C15H29N. The van der Waals surface area contributed by atoms with Crippen molar-refractivity contribution in [3.05, 3.63) is 12.7 Å². The van der Waals surface area contributed by atoms with Crippen LogP contribution in [0.3, 0.4) is 0 Å². The van der Waals surface area contributed by atoms with E-state index < -0.39 is 0 Å². The molecule has 1 heteroatoms. The quantitative estimate of drug-likeness (QED) is 0.454. The van der Waals surface area contributed by atoms with E-state index in [4.69, 9.17) is 0 Å². The molecule has 1 N–H and O–H groups in total. The number of hydrogen-bond donors (Lipinski definition) is 1. The maximum absolute atomic E-state index is 3.77. The Morgan fingerprint density at radius 1 is 1.25 bits per heavy atom. The lowest BCUT2D eigenvalue weighted by Crippen LogP contribution is -2.34. The van der Waals surface area contributed by atoms with Gasteiger partial charge in [0.15, 0.2) is 0 Å². The lowest BCUT2D eigenvalue weighted by atomic mass is 9.93. The molecule has 16 heavy (non-hydrogen) atoms. The minimum absolute atomic E-state index is 0.802. The first-order valence-electron chi connectivity index (χ1n) is 7.22. The van der Waals surface area contributed by atoms with Crippen molar-refractivity contribution >= 4 is 0 Å². The Balaban J connectivity index is 2.14. The van der Waals surface area contributed by atoms with Crippen molar-refractivity contribution in [3.63, 3.8) is 0 Å². The van der Waals surface area contributed by atoms with Gasteiger partial charge in [-0.15, -0.1) is 6.58 Å². The minimum atomic E-state index is 0.802. The molecule has 0 aromatic heterocycles. The van der Waals surface area contributed by atoms with Gasteiger partial charge in [0.2, 0.25) is 0 Å². The zero-order valence-electron chi connectivity index (χ0n) is 11.0. The first-order valence-corrected chi connectivity index (χ1v) is 7.22. The highest BCUT2D eigenvalue weighted by Gasteiger charge is 2.23. The second-order valence-electron chi connectivity index (χ2n) is 5.14. The maximum Gasteiger partial charge on any atom is 0.00952 e. The fourth-order valence-electron chi connectivity index (χ4n) is 2.96. The molecular weight excluding hydrogens is 194 g/mol. The summed E-state index contributed by atoms with van der Waals surface area (Å²) in [5.74, 6) is 0.972. The lowest BCUT2D eigenvalue weighted by molar-refractivity contribution is 0.336. The predicted molar refractivity (Wildman–Crippen MR) is 72.7 cm³/mol. The molecule has 1 atom stereocenters. The molecule has 0 amide bonds. The average Bonchev–Trinajstić information content (AvgIpc) is 2.81. The van der Waals surface area contributed by atoms with Crippen LogP contribution in [0.1, 0.15) is 64.7 Å². The monoisotopic (exact) mass is 223 g/mol. The maximum atomic E-state index is 3.77. The summed E-state index contributed by atoms with van der Waals surface area (Å²) in [7, 11) is 0. The number of nitrogens with one attached hydrogen (secondary N) is 1. The van der Waals surface area contributed by atoms with Crippen LogP contribution in [0.5, 0.6) is 0 Å². The van der Waals surface area contributed by atoms with Gasteiger partial charge in [-0.1, -0.05) is 38.7 Å². The van der Waals surface area contributed by atoms with Crippen LogP contribution in [0, 0.1) is 5.92 Å². The van der Waals surface area contributed by atoms with E-state index in [1.807, 2.05) is 6.08 Å². The first-order chi connectivity index (χ1) is 7.88. The molecule has 1 fully saturated rings. The molecule has 0 aromatic carbocycles. The zero-order chi connectivity index (χ0) is 11.6. The Bertz CT molecular complexity index is 170. The van der Waals surface area contributed by atoms with E-state index in [-0.39, 0.29) is 0 Å². The van der Waals surface area contributed by atoms with E-state index in [1.54, 1.807) is 0 Å². The molecule has 94 valence electrons. The summed E-state index contributed by atoms with van der Waals surface area (Å²) >= 11 is 0. The largest absolute Gasteiger partial charge is 0.314 e. The Kier molecular flexibility index (Phi) is 7.58. The van der Waals surface area contributed by atoms with E-state index in [9.17, 15) is 0 Å². The number of rotatable bonds is 9. The number of allylic oxidation sites excluding steroid dienone is 1. The van der Waals surface area contributed by atoms with E-state index in [1.165, 1.54) is 57.8 Å². The van der Waals surface area contributed by atoms with E-state index in [0.717, 1.165) is 18.5 Å². The van der Waals surface area contributed by atoms with Crippen molar-refractivity contribution in [1.82, 2.24) is 5.32 Å². The van der Waals surface area contributed by atoms with Crippen molar-refractivity contribution in [2.45, 2.75) is 70.8 Å². The van der Waals surface area contributed by atoms with Gasteiger partial charge in [0.1, 0.15) is 0 Å². The summed E-state index contributed by atoms with van der Waals surface area (Å²) in [6, 6.07) is 0.802. The van der Waals surface area contributed by atoms with Gasteiger partial charge in [-0.05, 0) is 44.6 Å². The standard InChI is InChI=1S/C15H29N/c1-3-5-6-7-8-13-15(16-4-2)14-11-9-10-12-14/h3,14-16H,1,4-13H2,2H3. The number of hydrogen-bond acceptors (Lipinski definition) is 1. The van der Waals surface area contributed by atoms with Crippen LogP contribution in [0.2, 0.25) is 0 Å². The summed E-state index contributed by atoms with van der Waals surface area (Å²) in [5, 5.41) is 3.70. The SMILES string of the molecule is C=CCCCCCC(NCC)C1CCCC1. The van der Waals surface area contributed by atoms with Crippen molar-refractivity contribution in [2.75, 3.05) is 6.54 Å². The van der Waals surface area contributed by atoms with Gasteiger partial charge in [-0.25, -0.2) is 0 Å². The highest BCUT2D eigenvalue weighted by atomic mass is 14.9. The smallest absolute Gasteiger partial charge is 0.00952 e. The third-order valence-corrected chi connectivity index (χ3v) is 3.86. The summed E-state index contributed by atoms with van der Waals surface area (Å²) in [4.78, 5) is 0. The van der Waals surface area contributed by atoms with E-state index in [0.29, 0.717) is 0 Å². The van der Waals surface area contributed by atoms with E-state index >= 15 is 0 Å². The van der Waals surface area contributed by atoms with Crippen LogP contribution in [0.15, 0.2) is 12.7 Å². The Hall–Kier alpha value is -0.300. The zero-order valence-corrected chi connectivity index (χ0v) is 11.0. The predicted octanol–water partition coefficient (Wildman–Crippen LogP) is 4.29. The number of unbranched alkanes of at least 4 members (excludes halogenated alkanes) is 3. The summed E-state index contributed by atoms with van der Waals surface area (Å²) < 4.78 is 0. The Labute approximate surface area is 102 Å². The Morgan fingerprint density at radius 3 is 2.62 bits per heavy atom. The highest BCUT2D eigenvalue weighted by Crippen LogP contribution is 2.29. The molecule has 0 saturated heterocycles. The molecule has 0 bridgehead atoms. The molecule has 1 nitrogen and oxygen atoms in total. The molecule has 1 aliphatic rings. The first kappa shape index (κ1) is 13.8. The van der Waals surface area contributed by atoms with Gasteiger partial charge in [0.25, 0.3) is 0 Å². The van der Waals surface area contributed by atoms with Crippen LogP contribution in [0.25, 0.3) is 0 Å². The van der Waals surface area contributed by atoms with Gasteiger partial charge in [0, 0.05) is 6.04 Å². The van der Waals surface area contributed by atoms with Crippen molar-refractivity contribution in [3.8, 4) is 0 Å². The third-order valence-electron chi connectivity index (χ3n) is 3.86. The van der Waals surface area contributed by atoms with Crippen molar-refractivity contribution < 1.29 is 0 Å². The van der Waals surface area contributed by atoms with Crippen LogP contribution in [0.4, 0.5) is 0 Å². The van der Waals surface area contributed by atoms with Crippen molar-refractivity contribution in [2.24, 2.45) is 5.92 Å². The van der Waals surface area contributed by atoms with Crippen LogP contribution in [-0.2, 0) is 0 Å². The summed E-state index contributed by atoms with van der Waals surface area (Å²) in [6.07, 6.45) is 14.6. The molecule has 1 unspecified atom stereocenters. The average molecular weight is 223 g/mol. The summed E-state index contributed by atoms with van der Waals surface area (Å²) in [5.41, 5.74) is 0. The van der Waals surface area contributed by atoms with Crippen LogP contribution < -0.4 is 5.32 Å².